The lowest BCUT2D eigenvalue weighted by molar-refractivity contribution is 0.593. The molecule has 2 aromatic rings. The lowest BCUT2D eigenvalue weighted by Crippen LogP contribution is -2.02. The standard InChI is InChI=1S/C8H7ClN4O2S/c1-13-7(6-2-4-10-5-3-6)11-12-8(13)16(9,14)15/h2-5H,1H3. The summed E-state index contributed by atoms with van der Waals surface area (Å²) in [4.78, 5) is 3.85. The van der Waals surface area contributed by atoms with Crippen molar-refractivity contribution < 1.29 is 8.42 Å². The van der Waals surface area contributed by atoms with E-state index in [4.69, 9.17) is 10.7 Å². The highest BCUT2D eigenvalue weighted by molar-refractivity contribution is 8.13. The second-order valence-corrected chi connectivity index (χ2v) is 5.50. The summed E-state index contributed by atoms with van der Waals surface area (Å²) in [5, 5.41) is 7.03. The lowest BCUT2D eigenvalue weighted by Gasteiger charge is -2.00. The van der Waals surface area contributed by atoms with Crippen LogP contribution in [-0.4, -0.2) is 28.2 Å². The van der Waals surface area contributed by atoms with E-state index in [0.717, 1.165) is 5.56 Å². The normalized spacial score (nSPS) is 11.6. The first kappa shape index (κ1) is 11.0. The molecule has 84 valence electrons. The Balaban J connectivity index is 2.59. The minimum atomic E-state index is -3.87. The van der Waals surface area contributed by atoms with Crippen LogP contribution in [0.1, 0.15) is 0 Å². The molecule has 0 aliphatic rings. The Hall–Kier alpha value is -1.47. The predicted molar refractivity (Wildman–Crippen MR) is 57.3 cm³/mol. The van der Waals surface area contributed by atoms with E-state index in [1.165, 1.54) is 11.6 Å². The number of nitrogens with zero attached hydrogens (tertiary/aromatic N) is 4. The molecule has 0 aromatic carbocycles. The van der Waals surface area contributed by atoms with E-state index >= 15 is 0 Å². The highest BCUT2D eigenvalue weighted by atomic mass is 35.7. The quantitative estimate of drug-likeness (QED) is 0.745. The third kappa shape index (κ3) is 1.91. The topological polar surface area (TPSA) is 77.7 Å². The van der Waals surface area contributed by atoms with Gasteiger partial charge in [0.15, 0.2) is 5.82 Å². The number of pyridine rings is 1. The van der Waals surface area contributed by atoms with Crippen LogP contribution in [-0.2, 0) is 16.1 Å². The van der Waals surface area contributed by atoms with Gasteiger partial charge in [-0.25, -0.2) is 8.42 Å². The summed E-state index contributed by atoms with van der Waals surface area (Å²) in [5.41, 5.74) is 0.719. The van der Waals surface area contributed by atoms with E-state index in [0.29, 0.717) is 5.82 Å². The number of hydrogen-bond acceptors (Lipinski definition) is 5. The van der Waals surface area contributed by atoms with Gasteiger partial charge >= 0.3 is 0 Å². The predicted octanol–water partition coefficient (Wildman–Crippen LogP) is 0.805. The molecule has 0 spiro atoms. The Kier molecular flexibility index (Phi) is 2.64. The van der Waals surface area contributed by atoms with Gasteiger partial charge in [-0.3, -0.25) is 9.55 Å². The molecule has 0 N–H and O–H groups in total. The summed E-state index contributed by atoms with van der Waals surface area (Å²) in [6.45, 7) is 0. The lowest BCUT2D eigenvalue weighted by atomic mass is 10.2. The third-order valence-corrected chi connectivity index (χ3v) is 3.20. The fourth-order valence-electron chi connectivity index (χ4n) is 1.28. The summed E-state index contributed by atoms with van der Waals surface area (Å²) >= 11 is 0. The van der Waals surface area contributed by atoms with Gasteiger partial charge < -0.3 is 0 Å². The van der Waals surface area contributed by atoms with E-state index in [-0.39, 0.29) is 5.16 Å². The van der Waals surface area contributed by atoms with Gasteiger partial charge in [0.05, 0.1) is 0 Å². The van der Waals surface area contributed by atoms with Crippen LogP contribution in [0, 0.1) is 0 Å². The van der Waals surface area contributed by atoms with Crippen molar-refractivity contribution in [1.29, 1.82) is 0 Å². The molecule has 16 heavy (non-hydrogen) atoms. The molecule has 2 heterocycles. The SMILES string of the molecule is Cn1c(-c2ccncc2)nnc1S(=O)(=O)Cl. The van der Waals surface area contributed by atoms with Crippen LogP contribution in [0.2, 0.25) is 0 Å². The van der Waals surface area contributed by atoms with Crippen molar-refractivity contribution in [2.45, 2.75) is 5.16 Å². The molecule has 0 amide bonds. The van der Waals surface area contributed by atoms with E-state index in [1.54, 1.807) is 24.5 Å². The van der Waals surface area contributed by atoms with Gasteiger partial charge in [0, 0.05) is 35.7 Å². The number of rotatable bonds is 2. The average molecular weight is 259 g/mol. The molecule has 0 fully saturated rings. The van der Waals surface area contributed by atoms with Gasteiger partial charge in [0.25, 0.3) is 14.2 Å². The Morgan fingerprint density at radius 3 is 2.38 bits per heavy atom. The molecule has 0 saturated heterocycles. The van der Waals surface area contributed by atoms with Crippen LogP contribution < -0.4 is 0 Å². The van der Waals surface area contributed by atoms with Crippen LogP contribution >= 0.6 is 10.7 Å². The van der Waals surface area contributed by atoms with Gasteiger partial charge in [-0.1, -0.05) is 0 Å². The minimum absolute atomic E-state index is 0.277. The zero-order valence-electron chi connectivity index (χ0n) is 8.20. The Morgan fingerprint density at radius 1 is 1.25 bits per heavy atom. The molecule has 0 aliphatic heterocycles. The Morgan fingerprint density at radius 2 is 1.88 bits per heavy atom. The van der Waals surface area contributed by atoms with Gasteiger partial charge in [-0.15, -0.1) is 10.2 Å². The number of hydrogen-bond donors (Lipinski definition) is 0. The van der Waals surface area contributed by atoms with Crippen LogP contribution in [0.4, 0.5) is 0 Å². The molecule has 2 aromatic heterocycles. The van der Waals surface area contributed by atoms with E-state index in [1.807, 2.05) is 0 Å². The molecule has 2 rings (SSSR count). The molecule has 0 aliphatic carbocycles. The molecule has 0 atom stereocenters. The molecule has 0 saturated carbocycles. The number of aromatic nitrogens is 4. The summed E-state index contributed by atoms with van der Waals surface area (Å²) in [6, 6.07) is 3.41. The number of halogens is 1. The van der Waals surface area contributed by atoms with Crippen molar-refractivity contribution in [2.24, 2.45) is 7.05 Å². The van der Waals surface area contributed by atoms with E-state index < -0.39 is 9.05 Å². The second-order valence-electron chi connectivity index (χ2n) is 3.04. The van der Waals surface area contributed by atoms with Gasteiger partial charge in [-0.05, 0) is 12.1 Å². The molecular weight excluding hydrogens is 252 g/mol. The first-order valence-corrected chi connectivity index (χ1v) is 6.55. The molecule has 6 nitrogen and oxygen atoms in total. The average Bonchev–Trinajstić information content (AvgIpc) is 2.61. The van der Waals surface area contributed by atoms with Crippen molar-refractivity contribution in [3.05, 3.63) is 24.5 Å². The van der Waals surface area contributed by atoms with Crippen LogP contribution in [0.25, 0.3) is 11.4 Å². The molecular formula is C8H7ClN4O2S. The highest BCUT2D eigenvalue weighted by Gasteiger charge is 2.20. The minimum Gasteiger partial charge on any atom is -0.300 e. The maximum absolute atomic E-state index is 11.1. The van der Waals surface area contributed by atoms with Crippen LogP contribution in [0.3, 0.4) is 0 Å². The smallest absolute Gasteiger partial charge is 0.296 e. The third-order valence-electron chi connectivity index (χ3n) is 1.99. The zero-order chi connectivity index (χ0) is 11.8. The van der Waals surface area contributed by atoms with Gasteiger partial charge in [0.1, 0.15) is 0 Å². The fraction of sp³-hybridized carbons (Fsp3) is 0.125. The fourth-order valence-corrected chi connectivity index (χ4v) is 2.23. The largest absolute Gasteiger partial charge is 0.300 e. The van der Waals surface area contributed by atoms with Crippen molar-refractivity contribution in [2.75, 3.05) is 0 Å². The first-order chi connectivity index (χ1) is 7.50. The van der Waals surface area contributed by atoms with Crippen molar-refractivity contribution in [3.63, 3.8) is 0 Å². The van der Waals surface area contributed by atoms with Gasteiger partial charge in [-0.2, -0.15) is 0 Å². The monoisotopic (exact) mass is 258 g/mol. The van der Waals surface area contributed by atoms with Crippen molar-refractivity contribution in [1.82, 2.24) is 19.7 Å². The molecule has 0 unspecified atom stereocenters. The Labute approximate surface area is 96.3 Å². The summed E-state index contributed by atoms with van der Waals surface area (Å²) in [7, 11) is 2.86. The Bertz CT molecular complexity index is 608. The van der Waals surface area contributed by atoms with Gasteiger partial charge in [0.2, 0.25) is 0 Å². The first-order valence-electron chi connectivity index (χ1n) is 4.24. The maximum Gasteiger partial charge on any atom is 0.296 e. The van der Waals surface area contributed by atoms with Crippen molar-refractivity contribution in [3.8, 4) is 11.4 Å². The summed E-state index contributed by atoms with van der Waals surface area (Å²) < 4.78 is 23.6. The van der Waals surface area contributed by atoms with Crippen LogP contribution in [0.5, 0.6) is 0 Å². The summed E-state index contributed by atoms with van der Waals surface area (Å²) in [6.07, 6.45) is 3.16. The van der Waals surface area contributed by atoms with E-state index in [2.05, 4.69) is 15.2 Å². The molecule has 0 bridgehead atoms. The van der Waals surface area contributed by atoms with Crippen molar-refractivity contribution >= 4 is 19.7 Å². The maximum atomic E-state index is 11.1. The van der Waals surface area contributed by atoms with Crippen LogP contribution in [0.15, 0.2) is 29.7 Å². The zero-order valence-corrected chi connectivity index (χ0v) is 9.77. The molecule has 0 radical (unpaired) electrons. The molecule has 8 heteroatoms. The second kappa shape index (κ2) is 3.84. The van der Waals surface area contributed by atoms with E-state index in [9.17, 15) is 8.42 Å². The summed E-state index contributed by atoms with van der Waals surface area (Å²) in [5.74, 6) is 0.418. The highest BCUT2D eigenvalue weighted by Crippen LogP contribution is 2.19.